The van der Waals surface area contributed by atoms with E-state index in [4.69, 9.17) is 4.74 Å². The van der Waals surface area contributed by atoms with Gasteiger partial charge in [-0.3, -0.25) is 0 Å². The van der Waals surface area contributed by atoms with E-state index in [1.54, 1.807) is 7.11 Å². The maximum Gasteiger partial charge on any atom is 0.323 e. The summed E-state index contributed by atoms with van der Waals surface area (Å²) in [5.74, 6) is 0.806. The van der Waals surface area contributed by atoms with E-state index in [9.17, 15) is 4.79 Å². The average Bonchev–Trinajstić information content (AvgIpc) is 2.86. The van der Waals surface area contributed by atoms with Crippen LogP contribution in [0.5, 0.6) is 5.75 Å². The predicted octanol–water partition coefficient (Wildman–Crippen LogP) is 3.04. The topological polar surface area (TPSA) is 69.9 Å². The normalized spacial score (nSPS) is 12.3. The molecule has 0 amide bonds. The van der Waals surface area contributed by atoms with Crippen LogP contribution in [0.3, 0.4) is 0 Å². The van der Waals surface area contributed by atoms with Crippen molar-refractivity contribution in [2.75, 3.05) is 12.4 Å². The highest BCUT2D eigenvalue weighted by Crippen LogP contribution is 2.28. The molecular formula is C16H17N3O2. The molecule has 0 saturated heterocycles. The monoisotopic (exact) mass is 283 g/mol. The molecule has 2 aromatic carbocycles. The van der Waals surface area contributed by atoms with Gasteiger partial charge in [0.05, 0.1) is 23.8 Å². The van der Waals surface area contributed by atoms with Crippen molar-refractivity contribution < 1.29 is 4.74 Å². The predicted molar refractivity (Wildman–Crippen MR) is 84.0 cm³/mol. The fourth-order valence-electron chi connectivity index (χ4n) is 2.40. The van der Waals surface area contributed by atoms with Crippen LogP contribution in [-0.2, 0) is 0 Å². The molecule has 0 aliphatic heterocycles. The summed E-state index contributed by atoms with van der Waals surface area (Å²) in [4.78, 5) is 16.8. The zero-order chi connectivity index (χ0) is 14.8. The molecular weight excluding hydrogens is 266 g/mol. The minimum absolute atomic E-state index is 0.0871. The number of aromatic nitrogens is 2. The quantitative estimate of drug-likeness (QED) is 0.689. The number of nitrogens with one attached hydrogen (secondary N) is 3. The Bertz CT molecular complexity index is 820. The first kappa shape index (κ1) is 13.3. The summed E-state index contributed by atoms with van der Waals surface area (Å²) in [5, 5.41) is 3.42. The van der Waals surface area contributed by atoms with Crippen LogP contribution in [-0.4, -0.2) is 17.1 Å². The first-order valence-corrected chi connectivity index (χ1v) is 6.79. The second-order valence-electron chi connectivity index (χ2n) is 4.95. The van der Waals surface area contributed by atoms with Crippen molar-refractivity contribution in [2.45, 2.75) is 13.0 Å². The van der Waals surface area contributed by atoms with E-state index >= 15 is 0 Å². The highest BCUT2D eigenvalue weighted by molar-refractivity contribution is 5.75. The molecule has 1 unspecified atom stereocenters. The number of fused-ring (bicyclic) bond motifs is 1. The van der Waals surface area contributed by atoms with Crippen molar-refractivity contribution in [1.29, 1.82) is 0 Å². The Labute approximate surface area is 122 Å². The van der Waals surface area contributed by atoms with Crippen molar-refractivity contribution in [3.05, 3.63) is 58.5 Å². The van der Waals surface area contributed by atoms with E-state index in [0.29, 0.717) is 0 Å². The minimum atomic E-state index is -0.188. The van der Waals surface area contributed by atoms with Crippen LogP contribution >= 0.6 is 0 Å². The van der Waals surface area contributed by atoms with Gasteiger partial charge in [-0.05, 0) is 36.8 Å². The van der Waals surface area contributed by atoms with Gasteiger partial charge >= 0.3 is 5.69 Å². The molecule has 1 aromatic heterocycles. The Morgan fingerprint density at radius 3 is 2.67 bits per heavy atom. The lowest BCUT2D eigenvalue weighted by molar-refractivity contribution is 0.416. The molecule has 3 aromatic rings. The molecule has 21 heavy (non-hydrogen) atoms. The standard InChI is InChI=1S/C16H17N3O2/c1-10(17-13-5-3-4-6-15(13)21-2)11-7-8-12-14(9-11)19-16(20)18-12/h3-10,17H,1-2H3,(H2,18,19,20). The van der Waals surface area contributed by atoms with Crippen LogP contribution in [0.4, 0.5) is 5.69 Å². The summed E-state index contributed by atoms with van der Waals surface area (Å²) in [5.41, 5.74) is 3.46. The number of hydrogen-bond donors (Lipinski definition) is 3. The molecule has 3 N–H and O–H groups in total. The summed E-state index contributed by atoms with van der Waals surface area (Å²) in [6.07, 6.45) is 0. The van der Waals surface area contributed by atoms with E-state index < -0.39 is 0 Å². The minimum Gasteiger partial charge on any atom is -0.495 e. The van der Waals surface area contributed by atoms with Crippen molar-refractivity contribution in [3.63, 3.8) is 0 Å². The molecule has 0 bridgehead atoms. The van der Waals surface area contributed by atoms with Crippen molar-refractivity contribution in [3.8, 4) is 5.75 Å². The molecule has 0 aliphatic carbocycles. The molecule has 108 valence electrons. The van der Waals surface area contributed by atoms with Gasteiger partial charge in [0.1, 0.15) is 5.75 Å². The van der Waals surface area contributed by atoms with E-state index in [-0.39, 0.29) is 11.7 Å². The molecule has 1 atom stereocenters. The molecule has 3 rings (SSSR count). The number of anilines is 1. The Hall–Kier alpha value is -2.69. The van der Waals surface area contributed by atoms with E-state index in [1.165, 1.54) is 0 Å². The van der Waals surface area contributed by atoms with E-state index in [0.717, 1.165) is 28.0 Å². The molecule has 5 heteroatoms. The van der Waals surface area contributed by atoms with Crippen molar-refractivity contribution in [2.24, 2.45) is 0 Å². The molecule has 0 spiro atoms. The number of methoxy groups -OCH3 is 1. The maximum atomic E-state index is 11.3. The van der Waals surface area contributed by atoms with Gasteiger partial charge in [0.2, 0.25) is 0 Å². The van der Waals surface area contributed by atoms with Gasteiger partial charge in [-0.2, -0.15) is 0 Å². The summed E-state index contributed by atoms with van der Waals surface area (Å²) < 4.78 is 5.34. The first-order valence-electron chi connectivity index (χ1n) is 6.79. The molecule has 0 aliphatic rings. The lowest BCUT2D eigenvalue weighted by atomic mass is 10.1. The highest BCUT2D eigenvalue weighted by atomic mass is 16.5. The lowest BCUT2D eigenvalue weighted by Gasteiger charge is -2.17. The van der Waals surface area contributed by atoms with Gasteiger partial charge in [0.25, 0.3) is 0 Å². The van der Waals surface area contributed by atoms with Crippen LogP contribution in [0.1, 0.15) is 18.5 Å². The van der Waals surface area contributed by atoms with E-state index in [1.807, 2.05) is 42.5 Å². The largest absolute Gasteiger partial charge is 0.495 e. The fourth-order valence-corrected chi connectivity index (χ4v) is 2.40. The molecule has 0 saturated carbocycles. The molecule has 0 radical (unpaired) electrons. The van der Waals surface area contributed by atoms with Gasteiger partial charge in [-0.25, -0.2) is 4.79 Å². The third-order valence-electron chi connectivity index (χ3n) is 3.52. The van der Waals surface area contributed by atoms with Gasteiger partial charge in [0.15, 0.2) is 0 Å². The summed E-state index contributed by atoms with van der Waals surface area (Å²) in [6, 6.07) is 13.8. The summed E-state index contributed by atoms with van der Waals surface area (Å²) in [7, 11) is 1.65. The number of hydrogen-bond acceptors (Lipinski definition) is 3. The third kappa shape index (κ3) is 2.63. The summed E-state index contributed by atoms with van der Waals surface area (Å²) in [6.45, 7) is 2.07. The average molecular weight is 283 g/mol. The van der Waals surface area contributed by atoms with Crippen LogP contribution in [0.2, 0.25) is 0 Å². The number of benzene rings is 2. The zero-order valence-corrected chi connectivity index (χ0v) is 11.9. The van der Waals surface area contributed by atoms with Gasteiger partial charge in [-0.15, -0.1) is 0 Å². The Morgan fingerprint density at radius 2 is 1.86 bits per heavy atom. The van der Waals surface area contributed by atoms with Crippen LogP contribution in [0.15, 0.2) is 47.3 Å². The van der Waals surface area contributed by atoms with Gasteiger partial charge in [0, 0.05) is 6.04 Å². The zero-order valence-electron chi connectivity index (χ0n) is 11.9. The summed E-state index contributed by atoms with van der Waals surface area (Å²) >= 11 is 0. The Kier molecular flexibility index (Phi) is 3.39. The lowest BCUT2D eigenvalue weighted by Crippen LogP contribution is -2.07. The third-order valence-corrected chi connectivity index (χ3v) is 3.52. The smallest absolute Gasteiger partial charge is 0.323 e. The fraction of sp³-hybridized carbons (Fsp3) is 0.188. The Morgan fingerprint density at radius 1 is 1.10 bits per heavy atom. The molecule has 5 nitrogen and oxygen atoms in total. The molecule has 0 fully saturated rings. The number of para-hydroxylation sites is 2. The highest BCUT2D eigenvalue weighted by Gasteiger charge is 2.10. The second kappa shape index (κ2) is 5.36. The number of aromatic amines is 2. The van der Waals surface area contributed by atoms with Crippen molar-refractivity contribution >= 4 is 16.7 Å². The second-order valence-corrected chi connectivity index (χ2v) is 4.95. The number of rotatable bonds is 4. The van der Waals surface area contributed by atoms with Crippen molar-refractivity contribution in [1.82, 2.24) is 9.97 Å². The van der Waals surface area contributed by atoms with Gasteiger partial charge in [-0.1, -0.05) is 18.2 Å². The Balaban J connectivity index is 1.89. The maximum absolute atomic E-state index is 11.3. The van der Waals surface area contributed by atoms with Gasteiger partial charge < -0.3 is 20.0 Å². The van der Waals surface area contributed by atoms with Crippen LogP contribution in [0, 0.1) is 0 Å². The van der Waals surface area contributed by atoms with E-state index in [2.05, 4.69) is 22.2 Å². The number of H-pyrrole nitrogens is 2. The van der Waals surface area contributed by atoms with Crippen LogP contribution < -0.4 is 15.7 Å². The SMILES string of the molecule is COc1ccccc1NC(C)c1ccc2[nH]c(=O)[nH]c2c1. The van der Waals surface area contributed by atoms with Crippen LogP contribution in [0.25, 0.3) is 11.0 Å². The number of ether oxygens (including phenoxy) is 1. The first-order chi connectivity index (χ1) is 10.2. The number of imidazole rings is 1. The molecule has 1 heterocycles.